The monoisotopic (exact) mass is 210 g/mol. The molecule has 1 aromatic heterocycles. The Bertz CT molecular complexity index is 270. The molecule has 0 radical (unpaired) electrons. The third-order valence-corrected chi connectivity index (χ3v) is 2.44. The van der Waals surface area contributed by atoms with Gasteiger partial charge in [0.1, 0.15) is 0 Å². The van der Waals surface area contributed by atoms with Crippen molar-refractivity contribution in [3.05, 3.63) is 24.0 Å². The molecule has 86 valence electrons. The second-order valence-electron chi connectivity index (χ2n) is 3.94. The van der Waals surface area contributed by atoms with Crippen molar-refractivity contribution >= 4 is 0 Å². The fourth-order valence-electron chi connectivity index (χ4n) is 1.49. The Kier molecular flexibility index (Phi) is 5.43. The van der Waals surface area contributed by atoms with Crippen LogP contribution in [0.5, 0.6) is 0 Å². The molecule has 1 N–H and O–H groups in total. The van der Waals surface area contributed by atoms with Crippen molar-refractivity contribution in [2.24, 2.45) is 0 Å². The minimum Gasteiger partial charge on any atom is -0.380 e. The van der Waals surface area contributed by atoms with E-state index in [9.17, 15) is 0 Å². The lowest BCUT2D eigenvalue weighted by atomic mass is 10.3. The molecule has 1 heterocycles. The average molecular weight is 210 g/mol. The van der Waals surface area contributed by atoms with Crippen molar-refractivity contribution in [3.63, 3.8) is 0 Å². The summed E-state index contributed by atoms with van der Waals surface area (Å²) in [5.74, 6) is 0. The molecule has 1 rings (SSSR count). The standard InChI is InChI=1S/C12H22N2O/c1-4-6-13-8-12-5-7-14(10-12)9-11(2)15-3/h5,7,10-11,13H,4,6,8-9H2,1-3H3. The molecule has 0 fully saturated rings. The first-order valence-corrected chi connectivity index (χ1v) is 5.64. The van der Waals surface area contributed by atoms with Crippen LogP contribution in [-0.4, -0.2) is 24.3 Å². The Morgan fingerprint density at radius 3 is 3.00 bits per heavy atom. The fraction of sp³-hybridized carbons (Fsp3) is 0.667. The summed E-state index contributed by atoms with van der Waals surface area (Å²) in [7, 11) is 1.75. The van der Waals surface area contributed by atoms with E-state index in [1.807, 2.05) is 0 Å². The Morgan fingerprint density at radius 2 is 2.33 bits per heavy atom. The van der Waals surface area contributed by atoms with E-state index in [0.717, 1.165) is 19.6 Å². The van der Waals surface area contributed by atoms with Crippen LogP contribution in [0.4, 0.5) is 0 Å². The molecule has 15 heavy (non-hydrogen) atoms. The lowest BCUT2D eigenvalue weighted by Crippen LogP contribution is -2.14. The van der Waals surface area contributed by atoms with Gasteiger partial charge in [-0.3, -0.25) is 0 Å². The van der Waals surface area contributed by atoms with Gasteiger partial charge in [0.15, 0.2) is 0 Å². The third kappa shape index (κ3) is 4.49. The van der Waals surface area contributed by atoms with Crippen LogP contribution in [-0.2, 0) is 17.8 Å². The molecule has 1 unspecified atom stereocenters. The molecular weight excluding hydrogens is 188 g/mol. The number of rotatable bonds is 7. The summed E-state index contributed by atoms with van der Waals surface area (Å²) in [5.41, 5.74) is 1.34. The molecule has 1 atom stereocenters. The zero-order valence-corrected chi connectivity index (χ0v) is 9.99. The van der Waals surface area contributed by atoms with Crippen LogP contribution < -0.4 is 5.32 Å². The van der Waals surface area contributed by atoms with Crippen molar-refractivity contribution < 1.29 is 4.74 Å². The SMILES string of the molecule is CCCNCc1ccn(CC(C)OC)c1. The molecule has 0 saturated heterocycles. The predicted octanol–water partition coefficient (Wildman–Crippen LogP) is 2.02. The number of nitrogens with one attached hydrogen (secondary N) is 1. The number of nitrogens with zero attached hydrogens (tertiary/aromatic N) is 1. The van der Waals surface area contributed by atoms with Gasteiger partial charge in [-0.25, -0.2) is 0 Å². The average Bonchev–Trinajstić information content (AvgIpc) is 2.66. The molecule has 0 spiro atoms. The zero-order chi connectivity index (χ0) is 11.1. The predicted molar refractivity (Wildman–Crippen MR) is 62.9 cm³/mol. The molecule has 0 aliphatic rings. The maximum Gasteiger partial charge on any atom is 0.0721 e. The smallest absolute Gasteiger partial charge is 0.0721 e. The summed E-state index contributed by atoms with van der Waals surface area (Å²) in [5, 5.41) is 3.39. The van der Waals surface area contributed by atoms with E-state index in [1.54, 1.807) is 7.11 Å². The van der Waals surface area contributed by atoms with E-state index in [2.05, 4.69) is 42.2 Å². The van der Waals surface area contributed by atoms with Crippen LogP contribution in [0.15, 0.2) is 18.5 Å². The zero-order valence-electron chi connectivity index (χ0n) is 9.99. The molecule has 0 bridgehead atoms. The molecule has 3 nitrogen and oxygen atoms in total. The van der Waals surface area contributed by atoms with Crippen molar-refractivity contribution in [1.29, 1.82) is 0 Å². The molecular formula is C12H22N2O. The van der Waals surface area contributed by atoms with Gasteiger partial charge in [0.25, 0.3) is 0 Å². The molecule has 0 aromatic carbocycles. The van der Waals surface area contributed by atoms with Gasteiger partial charge in [0.05, 0.1) is 6.10 Å². The summed E-state index contributed by atoms with van der Waals surface area (Å²) < 4.78 is 7.40. The number of hydrogen-bond donors (Lipinski definition) is 1. The van der Waals surface area contributed by atoms with E-state index in [1.165, 1.54) is 12.0 Å². The van der Waals surface area contributed by atoms with Gasteiger partial charge in [0.2, 0.25) is 0 Å². The van der Waals surface area contributed by atoms with E-state index in [-0.39, 0.29) is 6.10 Å². The number of aromatic nitrogens is 1. The van der Waals surface area contributed by atoms with Gasteiger partial charge in [-0.15, -0.1) is 0 Å². The molecule has 0 aliphatic carbocycles. The van der Waals surface area contributed by atoms with Crippen LogP contribution in [0.3, 0.4) is 0 Å². The Balaban J connectivity index is 2.35. The Morgan fingerprint density at radius 1 is 1.53 bits per heavy atom. The number of ether oxygens (including phenoxy) is 1. The summed E-state index contributed by atoms with van der Waals surface area (Å²) in [4.78, 5) is 0. The largest absolute Gasteiger partial charge is 0.380 e. The number of hydrogen-bond acceptors (Lipinski definition) is 2. The highest BCUT2D eigenvalue weighted by Gasteiger charge is 2.01. The molecule has 1 aromatic rings. The Hall–Kier alpha value is -0.800. The first kappa shape index (κ1) is 12.3. The first-order valence-electron chi connectivity index (χ1n) is 5.64. The van der Waals surface area contributed by atoms with E-state index < -0.39 is 0 Å². The lowest BCUT2D eigenvalue weighted by Gasteiger charge is -2.09. The molecule has 0 saturated carbocycles. The maximum absolute atomic E-state index is 5.23. The van der Waals surface area contributed by atoms with E-state index in [0.29, 0.717) is 0 Å². The highest BCUT2D eigenvalue weighted by molar-refractivity contribution is 5.09. The van der Waals surface area contributed by atoms with Crippen molar-refractivity contribution in [2.75, 3.05) is 13.7 Å². The van der Waals surface area contributed by atoms with Crippen LogP contribution >= 0.6 is 0 Å². The third-order valence-electron chi connectivity index (χ3n) is 2.44. The van der Waals surface area contributed by atoms with Crippen molar-refractivity contribution in [1.82, 2.24) is 9.88 Å². The topological polar surface area (TPSA) is 26.2 Å². The summed E-state index contributed by atoms with van der Waals surface area (Å²) in [6, 6.07) is 2.16. The van der Waals surface area contributed by atoms with Crippen molar-refractivity contribution in [2.45, 2.75) is 39.5 Å². The fourth-order valence-corrected chi connectivity index (χ4v) is 1.49. The van der Waals surface area contributed by atoms with Crippen LogP contribution in [0.1, 0.15) is 25.8 Å². The van der Waals surface area contributed by atoms with E-state index in [4.69, 9.17) is 4.74 Å². The second-order valence-corrected chi connectivity index (χ2v) is 3.94. The minimum atomic E-state index is 0.272. The van der Waals surface area contributed by atoms with Gasteiger partial charge in [-0.1, -0.05) is 6.92 Å². The first-order chi connectivity index (χ1) is 7.26. The maximum atomic E-state index is 5.23. The van der Waals surface area contributed by atoms with Gasteiger partial charge in [-0.05, 0) is 31.5 Å². The molecule has 0 amide bonds. The van der Waals surface area contributed by atoms with E-state index >= 15 is 0 Å². The molecule has 3 heteroatoms. The van der Waals surface area contributed by atoms with Crippen LogP contribution in [0.25, 0.3) is 0 Å². The lowest BCUT2D eigenvalue weighted by molar-refractivity contribution is 0.103. The normalized spacial score (nSPS) is 13.0. The quantitative estimate of drug-likeness (QED) is 0.697. The highest BCUT2D eigenvalue weighted by atomic mass is 16.5. The van der Waals surface area contributed by atoms with Crippen LogP contribution in [0.2, 0.25) is 0 Å². The Labute approximate surface area is 92.4 Å². The van der Waals surface area contributed by atoms with Crippen molar-refractivity contribution in [3.8, 4) is 0 Å². The second kappa shape index (κ2) is 6.64. The van der Waals surface area contributed by atoms with Gasteiger partial charge < -0.3 is 14.6 Å². The summed E-state index contributed by atoms with van der Waals surface area (Å²) >= 11 is 0. The van der Waals surface area contributed by atoms with Gasteiger partial charge in [-0.2, -0.15) is 0 Å². The molecule has 0 aliphatic heterocycles. The van der Waals surface area contributed by atoms with Gasteiger partial charge >= 0.3 is 0 Å². The summed E-state index contributed by atoms with van der Waals surface area (Å²) in [6.45, 7) is 7.22. The summed E-state index contributed by atoms with van der Waals surface area (Å²) in [6.07, 6.45) is 5.74. The minimum absolute atomic E-state index is 0.272. The van der Waals surface area contributed by atoms with Crippen LogP contribution in [0, 0.1) is 0 Å². The number of methoxy groups -OCH3 is 1. The van der Waals surface area contributed by atoms with Gasteiger partial charge in [0, 0.05) is 32.6 Å². The highest BCUT2D eigenvalue weighted by Crippen LogP contribution is 2.03.